The van der Waals surface area contributed by atoms with Gasteiger partial charge in [0, 0.05) is 18.5 Å². The van der Waals surface area contributed by atoms with Crippen LogP contribution >= 0.6 is 23.2 Å². The van der Waals surface area contributed by atoms with Crippen molar-refractivity contribution in [3.8, 4) is 17.2 Å². The predicted molar refractivity (Wildman–Crippen MR) is 119 cm³/mol. The molecule has 1 amide bonds. The van der Waals surface area contributed by atoms with E-state index in [-0.39, 0.29) is 36.3 Å². The lowest BCUT2D eigenvalue weighted by molar-refractivity contribution is -0.121. The molecule has 7 nitrogen and oxygen atoms in total. The van der Waals surface area contributed by atoms with Gasteiger partial charge in [-0.25, -0.2) is 0 Å². The van der Waals surface area contributed by atoms with E-state index in [0.29, 0.717) is 40.9 Å². The number of aliphatic hydroxyl groups is 1. The Bertz CT molecular complexity index is 906. The molecule has 0 heterocycles. The van der Waals surface area contributed by atoms with Crippen LogP contribution in [0.15, 0.2) is 36.4 Å². The van der Waals surface area contributed by atoms with E-state index in [9.17, 15) is 14.7 Å². The van der Waals surface area contributed by atoms with Gasteiger partial charge in [-0.3, -0.25) is 9.59 Å². The fraction of sp³-hybridized carbons (Fsp3) is 0.364. The van der Waals surface area contributed by atoms with Gasteiger partial charge in [-0.1, -0.05) is 29.3 Å². The van der Waals surface area contributed by atoms with Gasteiger partial charge in [0.05, 0.1) is 18.7 Å². The molecule has 2 aromatic rings. The molecule has 0 aromatic heterocycles. The number of methoxy groups -OCH3 is 1. The summed E-state index contributed by atoms with van der Waals surface area (Å²) in [4.78, 5) is 23.4. The van der Waals surface area contributed by atoms with E-state index in [0.717, 1.165) is 0 Å². The Morgan fingerprint density at radius 3 is 2.58 bits per heavy atom. The summed E-state index contributed by atoms with van der Waals surface area (Å²) in [5.74, 6) is 1.04. The summed E-state index contributed by atoms with van der Waals surface area (Å²) < 4.78 is 16.3. The van der Waals surface area contributed by atoms with Crippen molar-refractivity contribution in [2.45, 2.75) is 25.9 Å². The third kappa shape index (κ3) is 7.94. The van der Waals surface area contributed by atoms with Crippen LogP contribution in [0.4, 0.5) is 0 Å². The van der Waals surface area contributed by atoms with Crippen molar-refractivity contribution >= 4 is 34.9 Å². The fourth-order valence-corrected chi connectivity index (χ4v) is 2.93. The summed E-state index contributed by atoms with van der Waals surface area (Å²) in [7, 11) is 1.49. The molecule has 0 spiro atoms. The number of nitrogens with one attached hydrogen (secondary N) is 1. The second-order valence-electron chi connectivity index (χ2n) is 6.69. The highest BCUT2D eigenvalue weighted by atomic mass is 35.5. The Hall–Kier alpha value is -2.48. The maximum Gasteiger partial charge on any atom is 0.220 e. The number of carbonyl (C=O) groups is 2. The van der Waals surface area contributed by atoms with E-state index in [1.54, 1.807) is 36.4 Å². The minimum absolute atomic E-state index is 0.0399. The third-order valence-electron chi connectivity index (χ3n) is 4.26. The highest BCUT2D eigenvalue weighted by molar-refractivity contribution is 6.42. The molecular formula is C22H25Cl2NO6. The second-order valence-corrected chi connectivity index (χ2v) is 7.48. The van der Waals surface area contributed by atoms with Gasteiger partial charge in [-0.15, -0.1) is 0 Å². The largest absolute Gasteiger partial charge is 0.493 e. The van der Waals surface area contributed by atoms with Gasteiger partial charge in [0.15, 0.2) is 17.3 Å². The number of benzene rings is 2. The summed E-state index contributed by atoms with van der Waals surface area (Å²) in [6.45, 7) is 1.77. The SMILES string of the molecule is COc1cc(C(C)=O)ccc1OCCCC(=O)NCC(O)COc1cccc(Cl)c1Cl. The number of Topliss-reactive ketones (excluding diaryl/α,β-unsaturated/α-hetero) is 1. The number of carbonyl (C=O) groups excluding carboxylic acids is 2. The molecule has 0 fully saturated rings. The van der Waals surface area contributed by atoms with E-state index in [1.807, 2.05) is 0 Å². The Kier molecular flexibility index (Phi) is 9.91. The van der Waals surface area contributed by atoms with Crippen molar-refractivity contribution in [3.05, 3.63) is 52.0 Å². The lowest BCUT2D eigenvalue weighted by Gasteiger charge is -2.14. The van der Waals surface area contributed by atoms with E-state index in [1.165, 1.54) is 14.0 Å². The molecule has 9 heteroatoms. The molecule has 0 saturated heterocycles. The van der Waals surface area contributed by atoms with Crippen molar-refractivity contribution in [2.75, 3.05) is 26.9 Å². The number of rotatable bonds is 12. The Morgan fingerprint density at radius 2 is 1.87 bits per heavy atom. The van der Waals surface area contributed by atoms with Crippen molar-refractivity contribution in [1.29, 1.82) is 0 Å². The summed E-state index contributed by atoms with van der Waals surface area (Å²) in [5, 5.41) is 13.2. The summed E-state index contributed by atoms with van der Waals surface area (Å²) in [6.07, 6.45) is -0.213. The molecule has 1 atom stereocenters. The van der Waals surface area contributed by atoms with Crippen LogP contribution < -0.4 is 19.5 Å². The lowest BCUT2D eigenvalue weighted by atomic mass is 10.1. The van der Waals surface area contributed by atoms with Gasteiger partial charge in [-0.05, 0) is 43.7 Å². The minimum atomic E-state index is -0.903. The van der Waals surface area contributed by atoms with E-state index in [4.69, 9.17) is 37.4 Å². The first-order valence-corrected chi connectivity index (χ1v) is 10.4. The molecule has 2 rings (SSSR count). The van der Waals surface area contributed by atoms with Crippen molar-refractivity contribution in [3.63, 3.8) is 0 Å². The number of ether oxygens (including phenoxy) is 3. The number of ketones is 1. The molecule has 0 aliphatic rings. The van der Waals surface area contributed by atoms with Gasteiger partial charge in [0.2, 0.25) is 5.91 Å². The monoisotopic (exact) mass is 469 g/mol. The zero-order chi connectivity index (χ0) is 22.8. The number of aliphatic hydroxyl groups excluding tert-OH is 1. The van der Waals surface area contributed by atoms with E-state index in [2.05, 4.69) is 5.32 Å². The van der Waals surface area contributed by atoms with Crippen LogP contribution in [-0.4, -0.2) is 49.8 Å². The molecule has 2 N–H and O–H groups in total. The number of halogens is 2. The van der Waals surface area contributed by atoms with Gasteiger partial charge < -0.3 is 24.6 Å². The Balaban J connectivity index is 1.67. The molecule has 31 heavy (non-hydrogen) atoms. The first kappa shape index (κ1) is 24.8. The molecule has 0 aliphatic carbocycles. The van der Waals surface area contributed by atoms with E-state index >= 15 is 0 Å². The first-order valence-electron chi connectivity index (χ1n) is 9.65. The first-order chi connectivity index (χ1) is 14.8. The number of amides is 1. The number of hydrogen-bond donors (Lipinski definition) is 2. The van der Waals surface area contributed by atoms with Gasteiger partial charge in [0.1, 0.15) is 23.5 Å². The predicted octanol–water partition coefficient (Wildman–Crippen LogP) is 3.92. The molecule has 1 unspecified atom stereocenters. The smallest absolute Gasteiger partial charge is 0.220 e. The molecule has 168 valence electrons. The maximum absolute atomic E-state index is 12.0. The van der Waals surface area contributed by atoms with Crippen LogP contribution in [0.25, 0.3) is 0 Å². The number of hydrogen-bond acceptors (Lipinski definition) is 6. The minimum Gasteiger partial charge on any atom is -0.493 e. The standard InChI is InChI=1S/C22H25Cl2NO6/c1-14(26)15-8-9-18(20(11-15)29-2)30-10-4-7-21(28)25-12-16(27)13-31-19-6-3-5-17(23)22(19)24/h3,5-6,8-9,11,16,27H,4,7,10,12-13H2,1-2H3,(H,25,28). The van der Waals surface area contributed by atoms with Crippen LogP contribution in [0.5, 0.6) is 17.2 Å². The van der Waals surface area contributed by atoms with Crippen LogP contribution in [0.1, 0.15) is 30.1 Å². The lowest BCUT2D eigenvalue weighted by Crippen LogP contribution is -2.35. The summed E-state index contributed by atoms with van der Waals surface area (Å²) in [5.41, 5.74) is 0.531. The normalized spacial score (nSPS) is 11.5. The molecule has 2 aromatic carbocycles. The van der Waals surface area contributed by atoms with Crippen LogP contribution in [-0.2, 0) is 4.79 Å². The molecule has 0 saturated carbocycles. The molecule has 0 radical (unpaired) electrons. The quantitative estimate of drug-likeness (QED) is 0.361. The Morgan fingerprint density at radius 1 is 1.10 bits per heavy atom. The topological polar surface area (TPSA) is 94.1 Å². The van der Waals surface area contributed by atoms with Gasteiger partial charge in [-0.2, -0.15) is 0 Å². The zero-order valence-electron chi connectivity index (χ0n) is 17.3. The van der Waals surface area contributed by atoms with Crippen LogP contribution in [0.3, 0.4) is 0 Å². The summed E-state index contributed by atoms with van der Waals surface area (Å²) in [6, 6.07) is 9.90. The van der Waals surface area contributed by atoms with Gasteiger partial charge >= 0.3 is 0 Å². The van der Waals surface area contributed by atoms with Crippen LogP contribution in [0.2, 0.25) is 10.0 Å². The fourth-order valence-electron chi connectivity index (χ4n) is 2.58. The van der Waals surface area contributed by atoms with Crippen LogP contribution in [0, 0.1) is 0 Å². The highest BCUT2D eigenvalue weighted by Gasteiger charge is 2.12. The average molecular weight is 470 g/mol. The molecule has 0 bridgehead atoms. The van der Waals surface area contributed by atoms with Crippen molar-refractivity contribution in [2.24, 2.45) is 0 Å². The average Bonchev–Trinajstić information content (AvgIpc) is 2.76. The van der Waals surface area contributed by atoms with Crippen molar-refractivity contribution in [1.82, 2.24) is 5.32 Å². The second kappa shape index (κ2) is 12.4. The Labute approximate surface area is 191 Å². The van der Waals surface area contributed by atoms with Crippen molar-refractivity contribution < 1.29 is 28.9 Å². The third-order valence-corrected chi connectivity index (χ3v) is 5.06. The molecular weight excluding hydrogens is 445 g/mol. The zero-order valence-corrected chi connectivity index (χ0v) is 18.8. The molecule has 0 aliphatic heterocycles. The summed E-state index contributed by atoms with van der Waals surface area (Å²) >= 11 is 11.9. The maximum atomic E-state index is 12.0. The van der Waals surface area contributed by atoms with Gasteiger partial charge in [0.25, 0.3) is 0 Å². The highest BCUT2D eigenvalue weighted by Crippen LogP contribution is 2.31. The van der Waals surface area contributed by atoms with E-state index < -0.39 is 6.10 Å².